The van der Waals surface area contributed by atoms with Crippen LogP contribution in [0.25, 0.3) is 0 Å². The zero-order valence-electron chi connectivity index (χ0n) is 7.91. The number of hydrogen-bond donors (Lipinski definition) is 1. The van der Waals surface area contributed by atoms with Gasteiger partial charge in [-0.3, -0.25) is 4.79 Å². The zero-order chi connectivity index (χ0) is 9.26. The van der Waals surface area contributed by atoms with Gasteiger partial charge in [-0.05, 0) is 38.8 Å². The normalized spacial score (nSPS) is 35.4. The van der Waals surface area contributed by atoms with Gasteiger partial charge >= 0.3 is 5.97 Å². The van der Waals surface area contributed by atoms with Crippen LogP contribution in [0, 0.1) is 5.92 Å². The monoisotopic (exact) mass is 183 g/mol. The molecule has 2 atom stereocenters. The quantitative estimate of drug-likeness (QED) is 0.666. The average molecular weight is 183 g/mol. The van der Waals surface area contributed by atoms with Crippen molar-refractivity contribution in [3.05, 3.63) is 0 Å². The second-order valence-electron chi connectivity index (χ2n) is 4.25. The van der Waals surface area contributed by atoms with Crippen molar-refractivity contribution in [2.24, 2.45) is 5.92 Å². The van der Waals surface area contributed by atoms with Crippen LogP contribution < -0.4 is 0 Å². The Morgan fingerprint density at radius 3 is 2.85 bits per heavy atom. The van der Waals surface area contributed by atoms with E-state index in [9.17, 15) is 4.79 Å². The molecule has 3 nitrogen and oxygen atoms in total. The first-order valence-corrected chi connectivity index (χ1v) is 5.24. The van der Waals surface area contributed by atoms with Crippen molar-refractivity contribution in [3.8, 4) is 0 Å². The molecule has 0 bridgehead atoms. The molecule has 2 rings (SSSR count). The van der Waals surface area contributed by atoms with E-state index in [2.05, 4.69) is 4.90 Å². The molecule has 0 spiro atoms. The Bertz CT molecular complexity index is 205. The number of nitrogens with zero attached hydrogens (tertiary/aromatic N) is 1. The minimum absolute atomic E-state index is 0.0700. The molecule has 74 valence electrons. The summed E-state index contributed by atoms with van der Waals surface area (Å²) in [6, 6.07) is 0.573. The lowest BCUT2D eigenvalue weighted by Crippen LogP contribution is -2.46. The zero-order valence-corrected chi connectivity index (χ0v) is 7.91. The van der Waals surface area contributed by atoms with Crippen LogP contribution in [-0.2, 0) is 4.79 Å². The lowest BCUT2D eigenvalue weighted by atomic mass is 9.86. The summed E-state index contributed by atoms with van der Waals surface area (Å²) >= 11 is 0. The van der Waals surface area contributed by atoms with Crippen LogP contribution in [0.2, 0.25) is 0 Å². The molecule has 0 aliphatic carbocycles. The van der Waals surface area contributed by atoms with Gasteiger partial charge in [0.05, 0.1) is 5.92 Å². The summed E-state index contributed by atoms with van der Waals surface area (Å²) in [7, 11) is 0. The van der Waals surface area contributed by atoms with E-state index in [-0.39, 0.29) is 5.92 Å². The number of rotatable bonds is 1. The molecule has 1 N–H and O–H groups in total. The van der Waals surface area contributed by atoms with Crippen LogP contribution in [0.5, 0.6) is 0 Å². The van der Waals surface area contributed by atoms with E-state index in [4.69, 9.17) is 5.11 Å². The van der Waals surface area contributed by atoms with Gasteiger partial charge in [-0.25, -0.2) is 0 Å². The molecule has 0 radical (unpaired) electrons. The van der Waals surface area contributed by atoms with Crippen molar-refractivity contribution in [1.29, 1.82) is 0 Å². The van der Waals surface area contributed by atoms with Crippen LogP contribution in [0.4, 0.5) is 0 Å². The molecule has 2 aliphatic rings. The standard InChI is InChI=1S/C10H17NO2/c12-10(13)8-4-6-11-5-2-1-3-9(11)7-8/h8-9H,1-7H2,(H,12,13). The predicted molar refractivity (Wildman–Crippen MR) is 49.6 cm³/mol. The minimum Gasteiger partial charge on any atom is -0.481 e. The van der Waals surface area contributed by atoms with E-state index in [1.807, 2.05) is 0 Å². The first-order chi connectivity index (χ1) is 6.27. The summed E-state index contributed by atoms with van der Waals surface area (Å²) in [5.74, 6) is -0.662. The van der Waals surface area contributed by atoms with E-state index in [1.165, 1.54) is 25.8 Å². The highest BCUT2D eigenvalue weighted by atomic mass is 16.4. The van der Waals surface area contributed by atoms with Crippen molar-refractivity contribution in [1.82, 2.24) is 4.90 Å². The van der Waals surface area contributed by atoms with Crippen molar-refractivity contribution >= 4 is 5.97 Å². The number of piperidine rings is 2. The fourth-order valence-corrected chi connectivity index (χ4v) is 2.61. The van der Waals surface area contributed by atoms with E-state index in [0.29, 0.717) is 6.04 Å². The summed E-state index contributed by atoms with van der Waals surface area (Å²) in [5.41, 5.74) is 0. The van der Waals surface area contributed by atoms with Crippen molar-refractivity contribution in [2.75, 3.05) is 13.1 Å². The molecule has 0 aromatic carbocycles. The molecule has 3 heteroatoms. The molecule has 0 amide bonds. The smallest absolute Gasteiger partial charge is 0.306 e. The molecule has 2 unspecified atom stereocenters. The molecule has 2 aliphatic heterocycles. The van der Waals surface area contributed by atoms with Crippen LogP contribution >= 0.6 is 0 Å². The Balaban J connectivity index is 1.95. The summed E-state index contributed by atoms with van der Waals surface area (Å²) in [6.07, 6.45) is 5.53. The first kappa shape index (κ1) is 9.00. The first-order valence-electron chi connectivity index (χ1n) is 5.24. The van der Waals surface area contributed by atoms with E-state index in [1.54, 1.807) is 0 Å². The third-order valence-corrected chi connectivity index (χ3v) is 3.42. The van der Waals surface area contributed by atoms with Gasteiger partial charge in [0.25, 0.3) is 0 Å². The number of carbonyl (C=O) groups is 1. The number of carboxylic acid groups (broad SMARTS) is 1. The molecule has 2 heterocycles. The van der Waals surface area contributed by atoms with E-state index < -0.39 is 5.97 Å². The largest absolute Gasteiger partial charge is 0.481 e. The topological polar surface area (TPSA) is 40.5 Å². The lowest BCUT2D eigenvalue weighted by Gasteiger charge is -2.41. The maximum Gasteiger partial charge on any atom is 0.306 e. The van der Waals surface area contributed by atoms with Gasteiger partial charge in [-0.2, -0.15) is 0 Å². The number of carboxylic acids is 1. The highest BCUT2D eigenvalue weighted by Crippen LogP contribution is 2.29. The second kappa shape index (κ2) is 3.66. The van der Waals surface area contributed by atoms with Gasteiger partial charge in [0.2, 0.25) is 0 Å². The van der Waals surface area contributed by atoms with E-state index >= 15 is 0 Å². The lowest BCUT2D eigenvalue weighted by molar-refractivity contribution is -0.144. The fourth-order valence-electron chi connectivity index (χ4n) is 2.61. The highest BCUT2D eigenvalue weighted by Gasteiger charge is 2.32. The van der Waals surface area contributed by atoms with E-state index in [0.717, 1.165) is 19.4 Å². The average Bonchev–Trinajstić information content (AvgIpc) is 2.17. The Morgan fingerprint density at radius 1 is 1.23 bits per heavy atom. The van der Waals surface area contributed by atoms with Gasteiger partial charge < -0.3 is 10.0 Å². The fraction of sp³-hybridized carbons (Fsp3) is 0.900. The molecule has 2 fully saturated rings. The molecular formula is C10H17NO2. The highest BCUT2D eigenvalue weighted by molar-refractivity contribution is 5.70. The molecule has 2 saturated heterocycles. The number of fused-ring (bicyclic) bond motifs is 1. The van der Waals surface area contributed by atoms with Crippen molar-refractivity contribution < 1.29 is 9.90 Å². The SMILES string of the molecule is O=C(O)C1CCN2CCCCC2C1. The third-order valence-electron chi connectivity index (χ3n) is 3.42. The minimum atomic E-state index is -0.592. The summed E-state index contributed by atoms with van der Waals surface area (Å²) in [4.78, 5) is 13.3. The Labute approximate surface area is 78.7 Å². The van der Waals surface area contributed by atoms with Gasteiger partial charge in [0.1, 0.15) is 0 Å². The number of aliphatic carboxylic acids is 1. The predicted octanol–water partition coefficient (Wildman–Crippen LogP) is 1.34. The summed E-state index contributed by atoms with van der Waals surface area (Å²) in [6.45, 7) is 2.19. The molecular weight excluding hydrogens is 166 g/mol. The van der Waals surface area contributed by atoms with Gasteiger partial charge in [0.15, 0.2) is 0 Å². The Morgan fingerprint density at radius 2 is 2.08 bits per heavy atom. The molecule has 0 saturated carbocycles. The number of hydrogen-bond acceptors (Lipinski definition) is 2. The van der Waals surface area contributed by atoms with Gasteiger partial charge in [-0.1, -0.05) is 6.42 Å². The van der Waals surface area contributed by atoms with Crippen LogP contribution in [-0.4, -0.2) is 35.1 Å². The Kier molecular flexibility index (Phi) is 2.54. The summed E-state index contributed by atoms with van der Waals surface area (Å²) < 4.78 is 0. The maximum atomic E-state index is 10.8. The van der Waals surface area contributed by atoms with Crippen LogP contribution in [0.3, 0.4) is 0 Å². The third kappa shape index (κ3) is 1.85. The molecule has 13 heavy (non-hydrogen) atoms. The molecule has 0 aromatic heterocycles. The van der Waals surface area contributed by atoms with Crippen LogP contribution in [0.1, 0.15) is 32.1 Å². The van der Waals surface area contributed by atoms with Crippen molar-refractivity contribution in [3.63, 3.8) is 0 Å². The maximum absolute atomic E-state index is 10.8. The van der Waals surface area contributed by atoms with Gasteiger partial charge in [0, 0.05) is 6.04 Å². The second-order valence-corrected chi connectivity index (χ2v) is 4.25. The Hall–Kier alpha value is -0.570. The summed E-state index contributed by atoms with van der Waals surface area (Å²) in [5, 5.41) is 8.91. The van der Waals surface area contributed by atoms with Crippen molar-refractivity contribution in [2.45, 2.75) is 38.1 Å². The van der Waals surface area contributed by atoms with Gasteiger partial charge in [-0.15, -0.1) is 0 Å². The molecule has 0 aromatic rings. The van der Waals surface area contributed by atoms with Crippen LogP contribution in [0.15, 0.2) is 0 Å².